The highest BCUT2D eigenvalue weighted by molar-refractivity contribution is 5.82. The van der Waals surface area contributed by atoms with E-state index in [9.17, 15) is 14.4 Å². The summed E-state index contributed by atoms with van der Waals surface area (Å²) in [6.45, 7) is 0. The third kappa shape index (κ3) is 4.06. The second-order valence-electron chi connectivity index (χ2n) is 6.96. The van der Waals surface area contributed by atoms with E-state index in [4.69, 9.17) is 14.2 Å². The molecule has 0 saturated carbocycles. The minimum absolute atomic E-state index is 0.0377. The fourth-order valence-corrected chi connectivity index (χ4v) is 3.61. The second kappa shape index (κ2) is 7.84. The van der Waals surface area contributed by atoms with Gasteiger partial charge in [0.25, 0.3) is 0 Å². The van der Waals surface area contributed by atoms with Crippen LogP contribution in [0.15, 0.2) is 42.5 Å². The molecule has 0 bridgehead atoms. The van der Waals surface area contributed by atoms with Crippen LogP contribution in [0, 0.1) is 0 Å². The zero-order chi connectivity index (χ0) is 19.5. The number of hydrogen-bond acceptors (Lipinski definition) is 6. The van der Waals surface area contributed by atoms with Crippen LogP contribution in [0.25, 0.3) is 0 Å². The van der Waals surface area contributed by atoms with Crippen molar-refractivity contribution in [2.24, 2.45) is 0 Å². The Kier molecular flexibility index (Phi) is 5.10. The normalized spacial score (nSPS) is 17.3. The van der Waals surface area contributed by atoms with Gasteiger partial charge in [-0.3, -0.25) is 14.4 Å². The van der Waals surface area contributed by atoms with Gasteiger partial charge in [0.15, 0.2) is 0 Å². The molecule has 0 aromatic heterocycles. The predicted molar refractivity (Wildman–Crippen MR) is 98.9 cm³/mol. The van der Waals surface area contributed by atoms with Gasteiger partial charge in [-0.05, 0) is 48.6 Å². The SMILES string of the molecule is O=C(CCC(=O)OC1CCCc2ccccc21)Oc1ccc2c(c1)CC(=O)O2. The molecular weight excluding hydrogens is 360 g/mol. The summed E-state index contributed by atoms with van der Waals surface area (Å²) in [5.74, 6) is -0.443. The number of fused-ring (bicyclic) bond motifs is 2. The number of esters is 3. The Morgan fingerprint density at radius 3 is 2.75 bits per heavy atom. The summed E-state index contributed by atoms with van der Waals surface area (Å²) < 4.78 is 15.9. The van der Waals surface area contributed by atoms with Crippen molar-refractivity contribution in [3.05, 3.63) is 59.2 Å². The molecule has 0 N–H and O–H groups in total. The first-order chi connectivity index (χ1) is 13.6. The molecule has 0 amide bonds. The molecule has 0 fully saturated rings. The molecule has 1 heterocycles. The van der Waals surface area contributed by atoms with E-state index in [0.29, 0.717) is 17.1 Å². The summed E-state index contributed by atoms with van der Waals surface area (Å²) in [6.07, 6.45) is 2.57. The number of carbonyl (C=O) groups is 3. The quantitative estimate of drug-likeness (QED) is 0.584. The molecule has 4 rings (SSSR count). The molecule has 28 heavy (non-hydrogen) atoms. The Labute approximate surface area is 162 Å². The smallest absolute Gasteiger partial charge is 0.315 e. The molecule has 0 saturated heterocycles. The van der Waals surface area contributed by atoms with Crippen LogP contribution < -0.4 is 9.47 Å². The molecule has 1 unspecified atom stereocenters. The van der Waals surface area contributed by atoms with E-state index >= 15 is 0 Å². The number of ether oxygens (including phenoxy) is 3. The van der Waals surface area contributed by atoms with Crippen LogP contribution in [0.1, 0.15) is 48.5 Å². The van der Waals surface area contributed by atoms with E-state index in [1.54, 1.807) is 18.2 Å². The lowest BCUT2D eigenvalue weighted by atomic mass is 9.89. The number of benzene rings is 2. The molecule has 144 valence electrons. The van der Waals surface area contributed by atoms with Crippen molar-refractivity contribution in [1.29, 1.82) is 0 Å². The Morgan fingerprint density at radius 2 is 1.86 bits per heavy atom. The summed E-state index contributed by atoms with van der Waals surface area (Å²) in [4.78, 5) is 35.5. The average molecular weight is 380 g/mol. The minimum Gasteiger partial charge on any atom is -0.457 e. The fourth-order valence-electron chi connectivity index (χ4n) is 3.61. The van der Waals surface area contributed by atoms with E-state index in [2.05, 4.69) is 6.07 Å². The average Bonchev–Trinajstić information content (AvgIpc) is 3.06. The Bertz CT molecular complexity index is 932. The fraction of sp³-hybridized carbons (Fsp3) is 0.318. The largest absolute Gasteiger partial charge is 0.457 e. The van der Waals surface area contributed by atoms with Crippen molar-refractivity contribution in [3.8, 4) is 11.5 Å². The van der Waals surface area contributed by atoms with Crippen molar-refractivity contribution < 1.29 is 28.6 Å². The highest BCUT2D eigenvalue weighted by Gasteiger charge is 2.24. The maximum absolute atomic E-state index is 12.2. The number of aryl methyl sites for hydroxylation is 1. The van der Waals surface area contributed by atoms with E-state index < -0.39 is 11.9 Å². The Balaban J connectivity index is 1.28. The monoisotopic (exact) mass is 380 g/mol. The van der Waals surface area contributed by atoms with Gasteiger partial charge in [0, 0.05) is 5.56 Å². The van der Waals surface area contributed by atoms with Crippen molar-refractivity contribution in [1.82, 2.24) is 0 Å². The van der Waals surface area contributed by atoms with Gasteiger partial charge in [-0.1, -0.05) is 24.3 Å². The first-order valence-corrected chi connectivity index (χ1v) is 9.40. The molecule has 2 aromatic carbocycles. The van der Waals surface area contributed by atoms with Gasteiger partial charge in [0.2, 0.25) is 0 Å². The van der Waals surface area contributed by atoms with Gasteiger partial charge in [-0.2, -0.15) is 0 Å². The molecule has 2 aromatic rings. The van der Waals surface area contributed by atoms with Crippen LogP contribution >= 0.6 is 0 Å². The number of rotatable bonds is 5. The highest BCUT2D eigenvalue weighted by Crippen LogP contribution is 2.33. The lowest BCUT2D eigenvalue weighted by Crippen LogP contribution is -2.18. The molecule has 6 heteroatoms. The Morgan fingerprint density at radius 1 is 1.04 bits per heavy atom. The highest BCUT2D eigenvalue weighted by atomic mass is 16.6. The number of carbonyl (C=O) groups excluding carboxylic acids is 3. The molecular formula is C22H20O6. The second-order valence-corrected chi connectivity index (χ2v) is 6.96. The molecule has 1 aliphatic heterocycles. The van der Waals surface area contributed by atoms with Gasteiger partial charge in [-0.15, -0.1) is 0 Å². The van der Waals surface area contributed by atoms with Crippen molar-refractivity contribution in [3.63, 3.8) is 0 Å². The molecule has 0 radical (unpaired) electrons. The van der Waals surface area contributed by atoms with Crippen LogP contribution in [-0.4, -0.2) is 17.9 Å². The van der Waals surface area contributed by atoms with Gasteiger partial charge < -0.3 is 14.2 Å². The maximum atomic E-state index is 12.2. The van der Waals surface area contributed by atoms with Gasteiger partial charge in [0.1, 0.15) is 17.6 Å². The molecule has 2 aliphatic rings. The summed E-state index contributed by atoms with van der Waals surface area (Å²) in [5.41, 5.74) is 2.95. The van der Waals surface area contributed by atoms with Crippen LogP contribution in [0.4, 0.5) is 0 Å². The summed E-state index contributed by atoms with van der Waals surface area (Å²) in [7, 11) is 0. The van der Waals surface area contributed by atoms with Crippen LogP contribution in [0.2, 0.25) is 0 Å². The standard InChI is InChI=1S/C22H20O6/c23-20(26-16-8-9-18-15(12-16)13-22(25)27-18)10-11-21(24)28-19-7-3-5-14-4-1-2-6-17(14)19/h1-2,4,6,8-9,12,19H,3,5,7,10-11,13H2. The first-order valence-electron chi connectivity index (χ1n) is 9.40. The third-order valence-corrected chi connectivity index (χ3v) is 4.94. The predicted octanol–water partition coefficient (Wildman–Crippen LogP) is 3.45. The number of hydrogen-bond donors (Lipinski definition) is 0. The molecule has 6 nitrogen and oxygen atoms in total. The van der Waals surface area contributed by atoms with E-state index in [0.717, 1.165) is 24.8 Å². The van der Waals surface area contributed by atoms with Crippen LogP contribution in [0.3, 0.4) is 0 Å². The van der Waals surface area contributed by atoms with E-state index in [1.807, 2.05) is 18.2 Å². The van der Waals surface area contributed by atoms with Crippen molar-refractivity contribution in [2.75, 3.05) is 0 Å². The van der Waals surface area contributed by atoms with Crippen LogP contribution in [-0.2, 0) is 32.0 Å². The van der Waals surface area contributed by atoms with Gasteiger partial charge in [0.05, 0.1) is 19.3 Å². The van der Waals surface area contributed by atoms with Crippen molar-refractivity contribution in [2.45, 2.75) is 44.6 Å². The Hall–Kier alpha value is -3.15. The zero-order valence-electron chi connectivity index (χ0n) is 15.3. The van der Waals surface area contributed by atoms with E-state index in [-0.39, 0.29) is 31.3 Å². The molecule has 1 atom stereocenters. The zero-order valence-corrected chi connectivity index (χ0v) is 15.3. The van der Waals surface area contributed by atoms with Crippen molar-refractivity contribution >= 4 is 17.9 Å². The summed E-state index contributed by atoms with van der Waals surface area (Å²) in [6, 6.07) is 12.7. The first kappa shape index (κ1) is 18.2. The lowest BCUT2D eigenvalue weighted by Gasteiger charge is -2.25. The minimum atomic E-state index is -0.522. The van der Waals surface area contributed by atoms with Crippen LogP contribution in [0.5, 0.6) is 11.5 Å². The topological polar surface area (TPSA) is 78.9 Å². The van der Waals surface area contributed by atoms with Gasteiger partial charge >= 0.3 is 17.9 Å². The lowest BCUT2D eigenvalue weighted by molar-refractivity contribution is -0.152. The maximum Gasteiger partial charge on any atom is 0.315 e. The molecule has 0 spiro atoms. The van der Waals surface area contributed by atoms with Gasteiger partial charge in [-0.25, -0.2) is 0 Å². The van der Waals surface area contributed by atoms with E-state index in [1.165, 1.54) is 5.56 Å². The summed E-state index contributed by atoms with van der Waals surface area (Å²) >= 11 is 0. The third-order valence-electron chi connectivity index (χ3n) is 4.94. The summed E-state index contributed by atoms with van der Waals surface area (Å²) in [5, 5.41) is 0. The molecule has 1 aliphatic carbocycles.